The summed E-state index contributed by atoms with van der Waals surface area (Å²) in [5.41, 5.74) is 8.68. The molecule has 0 saturated heterocycles. The van der Waals surface area contributed by atoms with Crippen LogP contribution in [0.1, 0.15) is 22.9 Å². The van der Waals surface area contributed by atoms with Crippen LogP contribution in [-0.2, 0) is 24.2 Å². The number of thiophene rings is 1. The Hall–Kier alpha value is -1.81. The third-order valence-corrected chi connectivity index (χ3v) is 4.03. The van der Waals surface area contributed by atoms with Crippen LogP contribution >= 0.6 is 11.3 Å². The number of aryl methyl sites for hydroxylation is 1. The summed E-state index contributed by atoms with van der Waals surface area (Å²) in [4.78, 5) is 13.1. The Bertz CT molecular complexity index is 563. The molecule has 0 aliphatic heterocycles. The van der Waals surface area contributed by atoms with E-state index in [1.165, 1.54) is 10.4 Å². The van der Waals surface area contributed by atoms with Gasteiger partial charge in [0.1, 0.15) is 0 Å². The van der Waals surface area contributed by atoms with Crippen LogP contribution in [0.2, 0.25) is 0 Å². The molecular weight excluding hydrogens is 256 g/mol. The number of nitrogens with one attached hydrogen (secondary N) is 1. The minimum Gasteiger partial charge on any atom is -0.398 e. The molecule has 0 atom stereocenters. The van der Waals surface area contributed by atoms with Gasteiger partial charge >= 0.3 is 0 Å². The number of amides is 1. The summed E-state index contributed by atoms with van der Waals surface area (Å²) in [6, 6.07) is 9.58. The lowest BCUT2D eigenvalue weighted by Crippen LogP contribution is -2.24. The van der Waals surface area contributed by atoms with Gasteiger partial charge in [0, 0.05) is 10.6 Å². The molecule has 1 heterocycles. The summed E-state index contributed by atoms with van der Waals surface area (Å²) in [5.74, 6) is 0.00773. The lowest BCUT2D eigenvalue weighted by molar-refractivity contribution is -0.120. The fourth-order valence-corrected chi connectivity index (χ4v) is 2.86. The minimum atomic E-state index is 0.00773. The second kappa shape index (κ2) is 6.38. The maximum Gasteiger partial charge on any atom is 0.224 e. The highest BCUT2D eigenvalue weighted by atomic mass is 32.1. The fourth-order valence-electron chi connectivity index (χ4n) is 1.95. The SMILES string of the molecule is CCc1ccsc1CNC(=O)Cc1ccccc1N. The predicted octanol–water partition coefficient (Wildman–Crippen LogP) is 2.75. The highest BCUT2D eigenvalue weighted by Crippen LogP contribution is 2.17. The molecule has 1 aromatic carbocycles. The topological polar surface area (TPSA) is 55.1 Å². The highest BCUT2D eigenvalue weighted by Gasteiger charge is 2.07. The predicted molar refractivity (Wildman–Crippen MR) is 80.1 cm³/mol. The van der Waals surface area contributed by atoms with E-state index in [1.807, 2.05) is 24.3 Å². The van der Waals surface area contributed by atoms with E-state index < -0.39 is 0 Å². The highest BCUT2D eigenvalue weighted by molar-refractivity contribution is 7.10. The first-order valence-electron chi connectivity index (χ1n) is 6.36. The van der Waals surface area contributed by atoms with Crippen LogP contribution in [0.5, 0.6) is 0 Å². The van der Waals surface area contributed by atoms with E-state index in [2.05, 4.69) is 23.7 Å². The maximum atomic E-state index is 11.9. The van der Waals surface area contributed by atoms with Crippen molar-refractivity contribution in [3.05, 3.63) is 51.7 Å². The van der Waals surface area contributed by atoms with Crippen molar-refractivity contribution < 1.29 is 4.79 Å². The summed E-state index contributed by atoms with van der Waals surface area (Å²) < 4.78 is 0. The van der Waals surface area contributed by atoms with Gasteiger partial charge in [0.25, 0.3) is 0 Å². The molecule has 3 N–H and O–H groups in total. The first kappa shape index (κ1) is 13.6. The number of nitrogen functional groups attached to an aromatic ring is 1. The van der Waals surface area contributed by atoms with Crippen LogP contribution < -0.4 is 11.1 Å². The van der Waals surface area contributed by atoms with E-state index in [4.69, 9.17) is 5.73 Å². The molecule has 0 fully saturated rings. The lowest BCUT2D eigenvalue weighted by atomic mass is 10.1. The van der Waals surface area contributed by atoms with Crippen molar-refractivity contribution in [1.29, 1.82) is 0 Å². The Morgan fingerprint density at radius 1 is 1.26 bits per heavy atom. The van der Waals surface area contributed by atoms with Gasteiger partial charge in [-0.15, -0.1) is 11.3 Å². The molecule has 0 saturated carbocycles. The van der Waals surface area contributed by atoms with Gasteiger partial charge in [0.15, 0.2) is 0 Å². The lowest BCUT2D eigenvalue weighted by Gasteiger charge is -2.07. The molecule has 1 amide bonds. The van der Waals surface area contributed by atoms with Crippen LogP contribution in [0.15, 0.2) is 35.7 Å². The minimum absolute atomic E-state index is 0.00773. The first-order chi connectivity index (χ1) is 9.20. The molecule has 0 bridgehead atoms. The standard InChI is InChI=1S/C15H18N2OS/c1-2-11-7-8-19-14(11)10-17-15(18)9-12-5-3-4-6-13(12)16/h3-8H,2,9-10,16H2,1H3,(H,17,18). The third kappa shape index (κ3) is 3.58. The quantitative estimate of drug-likeness (QED) is 0.824. The van der Waals surface area contributed by atoms with Crippen molar-refractivity contribution in [1.82, 2.24) is 5.32 Å². The van der Waals surface area contributed by atoms with Gasteiger partial charge in [0.2, 0.25) is 5.91 Å². The van der Waals surface area contributed by atoms with E-state index in [1.54, 1.807) is 11.3 Å². The molecule has 0 spiro atoms. The van der Waals surface area contributed by atoms with E-state index in [-0.39, 0.29) is 5.91 Å². The summed E-state index contributed by atoms with van der Waals surface area (Å²) in [7, 11) is 0. The molecule has 4 heteroatoms. The van der Waals surface area contributed by atoms with Crippen LogP contribution in [0.3, 0.4) is 0 Å². The summed E-state index contributed by atoms with van der Waals surface area (Å²) >= 11 is 1.69. The first-order valence-corrected chi connectivity index (χ1v) is 7.24. The van der Waals surface area contributed by atoms with Gasteiger partial charge in [-0.1, -0.05) is 25.1 Å². The summed E-state index contributed by atoms with van der Waals surface area (Å²) in [6.45, 7) is 2.73. The van der Waals surface area contributed by atoms with Crippen molar-refractivity contribution in [2.24, 2.45) is 0 Å². The molecule has 2 rings (SSSR count). The van der Waals surface area contributed by atoms with Crippen molar-refractivity contribution in [2.75, 3.05) is 5.73 Å². The van der Waals surface area contributed by atoms with Crippen LogP contribution in [0, 0.1) is 0 Å². The largest absolute Gasteiger partial charge is 0.398 e. The molecule has 0 radical (unpaired) electrons. The Morgan fingerprint density at radius 2 is 2.05 bits per heavy atom. The van der Waals surface area contributed by atoms with E-state index in [9.17, 15) is 4.79 Å². The van der Waals surface area contributed by atoms with E-state index in [0.717, 1.165) is 12.0 Å². The van der Waals surface area contributed by atoms with Gasteiger partial charge in [-0.05, 0) is 35.1 Å². The van der Waals surface area contributed by atoms with Crippen molar-refractivity contribution in [2.45, 2.75) is 26.3 Å². The van der Waals surface area contributed by atoms with Crippen LogP contribution in [-0.4, -0.2) is 5.91 Å². The Morgan fingerprint density at radius 3 is 2.79 bits per heavy atom. The Kier molecular flexibility index (Phi) is 4.58. The van der Waals surface area contributed by atoms with E-state index in [0.29, 0.717) is 18.7 Å². The zero-order valence-electron chi connectivity index (χ0n) is 11.0. The number of carbonyl (C=O) groups excluding carboxylic acids is 1. The number of nitrogens with two attached hydrogens (primary N) is 1. The van der Waals surface area contributed by atoms with Crippen LogP contribution in [0.25, 0.3) is 0 Å². The Balaban J connectivity index is 1.90. The zero-order valence-corrected chi connectivity index (χ0v) is 11.8. The zero-order chi connectivity index (χ0) is 13.7. The van der Waals surface area contributed by atoms with Crippen molar-refractivity contribution in [3.8, 4) is 0 Å². The molecule has 0 unspecified atom stereocenters. The molecule has 0 aliphatic rings. The van der Waals surface area contributed by atoms with E-state index >= 15 is 0 Å². The van der Waals surface area contributed by atoms with Gasteiger partial charge in [-0.25, -0.2) is 0 Å². The number of para-hydroxylation sites is 1. The van der Waals surface area contributed by atoms with Gasteiger partial charge in [-0.3, -0.25) is 4.79 Å². The molecular formula is C15H18N2OS. The average Bonchev–Trinajstić information content (AvgIpc) is 2.86. The average molecular weight is 274 g/mol. The van der Waals surface area contributed by atoms with Gasteiger partial charge < -0.3 is 11.1 Å². The smallest absolute Gasteiger partial charge is 0.224 e. The second-order valence-electron chi connectivity index (χ2n) is 4.37. The summed E-state index contributed by atoms with van der Waals surface area (Å²) in [5, 5.41) is 5.02. The van der Waals surface area contributed by atoms with Gasteiger partial charge in [0.05, 0.1) is 13.0 Å². The van der Waals surface area contributed by atoms with Crippen molar-refractivity contribution >= 4 is 22.9 Å². The van der Waals surface area contributed by atoms with Gasteiger partial charge in [-0.2, -0.15) is 0 Å². The molecule has 100 valence electrons. The number of rotatable bonds is 5. The molecule has 1 aromatic heterocycles. The number of carbonyl (C=O) groups is 1. The maximum absolute atomic E-state index is 11.9. The molecule has 3 nitrogen and oxygen atoms in total. The normalized spacial score (nSPS) is 10.4. The summed E-state index contributed by atoms with van der Waals surface area (Å²) in [6.07, 6.45) is 1.33. The number of hydrogen-bond acceptors (Lipinski definition) is 3. The number of anilines is 1. The van der Waals surface area contributed by atoms with Crippen molar-refractivity contribution in [3.63, 3.8) is 0 Å². The molecule has 2 aromatic rings. The molecule has 0 aliphatic carbocycles. The van der Waals surface area contributed by atoms with Crippen LogP contribution in [0.4, 0.5) is 5.69 Å². The second-order valence-corrected chi connectivity index (χ2v) is 5.38. The number of benzene rings is 1. The third-order valence-electron chi connectivity index (χ3n) is 3.07. The monoisotopic (exact) mass is 274 g/mol. The molecule has 19 heavy (non-hydrogen) atoms. The number of hydrogen-bond donors (Lipinski definition) is 2. The fraction of sp³-hybridized carbons (Fsp3) is 0.267. The Labute approximate surface area is 117 Å².